The molecule has 44 heavy (non-hydrogen) atoms. The molecule has 2 bridgehead atoms. The molecule has 1 fully saturated rings. The monoisotopic (exact) mass is 603 g/mol. The minimum atomic E-state index is -0.573. The normalized spacial score (nSPS) is 22.0. The second-order valence-electron chi connectivity index (χ2n) is 12.7. The standard InChI is InChI=1S/C35H45N3O6/c1-19(2)13-29(35(41)36-18-24-15-21-7-8-22(24)14-21)38-28-12-10-25-26(17-30(28)40)27(37-20(3)39)11-9-23-16-31(42-4)33(43-5)34(44-6)32(23)25/h7-8,10,12,16-17,19,21-22,24,27,29H,9,11,13-15,18H2,1-6H3,(H,36,41)(H,37,39)(H,38,40)/t21-,22+,24-,27-,29-/m0/s1. The van der Waals surface area contributed by atoms with E-state index < -0.39 is 12.1 Å². The van der Waals surface area contributed by atoms with Crippen LogP contribution in [-0.2, 0) is 16.0 Å². The molecule has 2 amide bonds. The van der Waals surface area contributed by atoms with Crippen LogP contribution in [0.25, 0.3) is 11.1 Å². The maximum atomic E-state index is 13.8. The van der Waals surface area contributed by atoms with E-state index >= 15 is 0 Å². The third kappa shape index (κ3) is 6.42. The Kier molecular flexibility index (Phi) is 9.51. The number of carbonyl (C=O) groups is 2. The zero-order valence-electron chi connectivity index (χ0n) is 26.6. The van der Waals surface area contributed by atoms with Crippen LogP contribution in [-0.4, -0.2) is 45.7 Å². The zero-order chi connectivity index (χ0) is 31.5. The number of amides is 2. The number of hydrogen-bond acceptors (Lipinski definition) is 7. The summed E-state index contributed by atoms with van der Waals surface area (Å²) >= 11 is 0. The molecule has 1 saturated carbocycles. The van der Waals surface area contributed by atoms with Gasteiger partial charge in [-0.1, -0.05) is 32.1 Å². The highest BCUT2D eigenvalue weighted by atomic mass is 16.5. The molecule has 0 aliphatic heterocycles. The molecule has 3 aliphatic carbocycles. The predicted octanol–water partition coefficient (Wildman–Crippen LogP) is 5.02. The van der Waals surface area contributed by atoms with E-state index in [2.05, 4.69) is 41.9 Å². The molecule has 5 atom stereocenters. The number of anilines is 1. The van der Waals surface area contributed by atoms with Gasteiger partial charge in [-0.15, -0.1) is 0 Å². The van der Waals surface area contributed by atoms with Crippen molar-refractivity contribution in [1.29, 1.82) is 0 Å². The number of methoxy groups -OCH3 is 3. The number of aryl methyl sites for hydroxylation is 1. The Morgan fingerprint density at radius 3 is 2.39 bits per heavy atom. The SMILES string of the molecule is COc1cc2c(c(OC)c1OC)-c1ccc(N[C@@H](CC(C)C)C(=O)NC[C@@H]3C[C@H]4C=C[C@@H]3C4)c(=O)cc1[C@@H](NC(C)=O)CC2. The van der Waals surface area contributed by atoms with Crippen LogP contribution in [0.4, 0.5) is 5.69 Å². The van der Waals surface area contributed by atoms with Crippen molar-refractivity contribution >= 4 is 17.5 Å². The van der Waals surface area contributed by atoms with Crippen LogP contribution in [0, 0.1) is 23.7 Å². The highest BCUT2D eigenvalue weighted by Crippen LogP contribution is 2.50. The van der Waals surface area contributed by atoms with Crippen molar-refractivity contribution in [3.63, 3.8) is 0 Å². The first-order valence-corrected chi connectivity index (χ1v) is 15.6. The predicted molar refractivity (Wildman–Crippen MR) is 171 cm³/mol. The molecular formula is C35H45N3O6. The van der Waals surface area contributed by atoms with Gasteiger partial charge in [-0.2, -0.15) is 0 Å². The lowest BCUT2D eigenvalue weighted by Gasteiger charge is -2.23. The number of nitrogens with one attached hydrogen (secondary N) is 3. The Bertz CT molecular complexity index is 1500. The van der Waals surface area contributed by atoms with Crippen LogP contribution < -0.4 is 35.6 Å². The van der Waals surface area contributed by atoms with Crippen LogP contribution >= 0.6 is 0 Å². The molecule has 0 spiro atoms. The molecule has 9 nitrogen and oxygen atoms in total. The fourth-order valence-corrected chi connectivity index (χ4v) is 7.20. The molecular weight excluding hydrogens is 558 g/mol. The van der Waals surface area contributed by atoms with Crippen LogP contribution in [0.3, 0.4) is 0 Å². The fourth-order valence-electron chi connectivity index (χ4n) is 7.20. The summed E-state index contributed by atoms with van der Waals surface area (Å²) in [6.07, 6.45) is 8.65. The van der Waals surface area contributed by atoms with E-state index in [1.54, 1.807) is 33.5 Å². The molecule has 0 unspecified atom stereocenters. The topological polar surface area (TPSA) is 115 Å². The van der Waals surface area contributed by atoms with E-state index in [-0.39, 0.29) is 23.2 Å². The van der Waals surface area contributed by atoms with Crippen molar-refractivity contribution in [2.45, 2.75) is 65.0 Å². The summed E-state index contributed by atoms with van der Waals surface area (Å²) in [5.41, 5.74) is 3.22. The Labute approximate surface area is 259 Å². The maximum absolute atomic E-state index is 13.8. The highest BCUT2D eigenvalue weighted by molar-refractivity contribution is 5.86. The Balaban J connectivity index is 1.53. The Morgan fingerprint density at radius 1 is 1.00 bits per heavy atom. The lowest BCUT2D eigenvalue weighted by atomic mass is 9.93. The molecule has 0 aromatic heterocycles. The van der Waals surface area contributed by atoms with Gasteiger partial charge in [-0.25, -0.2) is 0 Å². The highest BCUT2D eigenvalue weighted by Gasteiger charge is 2.36. The maximum Gasteiger partial charge on any atom is 0.242 e. The first-order valence-electron chi connectivity index (χ1n) is 15.6. The number of fused-ring (bicyclic) bond motifs is 5. The summed E-state index contributed by atoms with van der Waals surface area (Å²) in [5.74, 6) is 3.07. The van der Waals surface area contributed by atoms with Crippen molar-refractivity contribution in [2.24, 2.45) is 23.7 Å². The molecule has 3 aliphatic rings. The summed E-state index contributed by atoms with van der Waals surface area (Å²) < 4.78 is 17.2. The van der Waals surface area contributed by atoms with Gasteiger partial charge in [-0.05, 0) is 90.7 Å². The smallest absolute Gasteiger partial charge is 0.242 e. The van der Waals surface area contributed by atoms with E-state index in [9.17, 15) is 14.4 Å². The third-order valence-corrected chi connectivity index (χ3v) is 9.22. The van der Waals surface area contributed by atoms with Gasteiger partial charge in [0, 0.05) is 19.0 Å². The number of carbonyl (C=O) groups excluding carboxylic acids is 2. The van der Waals surface area contributed by atoms with Crippen LogP contribution in [0.2, 0.25) is 0 Å². The summed E-state index contributed by atoms with van der Waals surface area (Å²) in [4.78, 5) is 39.6. The average molecular weight is 604 g/mol. The Hall–Kier alpha value is -4.01. The van der Waals surface area contributed by atoms with Gasteiger partial charge in [0.15, 0.2) is 11.5 Å². The third-order valence-electron chi connectivity index (χ3n) is 9.22. The van der Waals surface area contributed by atoms with E-state index in [4.69, 9.17) is 14.2 Å². The number of allylic oxidation sites excluding steroid dienone is 2. The van der Waals surface area contributed by atoms with Crippen molar-refractivity contribution in [2.75, 3.05) is 33.2 Å². The summed E-state index contributed by atoms with van der Waals surface area (Å²) in [6, 6.07) is 6.13. The van der Waals surface area contributed by atoms with Crippen LogP contribution in [0.15, 0.2) is 41.2 Å². The second-order valence-corrected chi connectivity index (χ2v) is 12.7. The minimum Gasteiger partial charge on any atom is -0.493 e. The first-order chi connectivity index (χ1) is 21.1. The molecule has 2 aromatic rings. The van der Waals surface area contributed by atoms with Gasteiger partial charge >= 0.3 is 0 Å². The lowest BCUT2D eigenvalue weighted by molar-refractivity contribution is -0.122. The van der Waals surface area contributed by atoms with Gasteiger partial charge in [0.25, 0.3) is 0 Å². The van der Waals surface area contributed by atoms with Crippen molar-refractivity contribution < 1.29 is 23.8 Å². The number of benzene rings is 1. The van der Waals surface area contributed by atoms with Crippen molar-refractivity contribution in [3.8, 4) is 28.4 Å². The van der Waals surface area contributed by atoms with Gasteiger partial charge in [-0.3, -0.25) is 14.4 Å². The average Bonchev–Trinajstić information content (AvgIpc) is 3.55. The number of rotatable bonds is 11. The van der Waals surface area contributed by atoms with Crippen molar-refractivity contribution in [3.05, 3.63) is 57.8 Å². The van der Waals surface area contributed by atoms with Crippen LogP contribution in [0.5, 0.6) is 17.2 Å². The fraction of sp³-hybridized carbons (Fsp3) is 0.514. The summed E-state index contributed by atoms with van der Waals surface area (Å²) in [6.45, 7) is 6.25. The molecule has 0 saturated heterocycles. The molecule has 0 heterocycles. The lowest BCUT2D eigenvalue weighted by Crippen LogP contribution is -2.43. The second kappa shape index (κ2) is 13.3. The molecule has 5 rings (SSSR count). The Morgan fingerprint density at radius 2 is 1.77 bits per heavy atom. The molecule has 236 valence electrons. The molecule has 2 aromatic carbocycles. The van der Waals surface area contributed by atoms with E-state index in [1.165, 1.54) is 13.3 Å². The molecule has 9 heteroatoms. The van der Waals surface area contributed by atoms with E-state index in [1.807, 2.05) is 12.1 Å². The van der Waals surface area contributed by atoms with Gasteiger partial charge in [0.2, 0.25) is 23.0 Å². The largest absolute Gasteiger partial charge is 0.493 e. The van der Waals surface area contributed by atoms with E-state index in [0.717, 1.165) is 23.1 Å². The number of hydrogen-bond donors (Lipinski definition) is 3. The van der Waals surface area contributed by atoms with Gasteiger partial charge in [0.1, 0.15) is 6.04 Å². The number of ether oxygens (including phenoxy) is 3. The molecule has 3 N–H and O–H groups in total. The van der Waals surface area contributed by atoms with Crippen LogP contribution in [0.1, 0.15) is 63.6 Å². The molecule has 0 radical (unpaired) electrons. The zero-order valence-corrected chi connectivity index (χ0v) is 26.6. The minimum absolute atomic E-state index is 0.0992. The van der Waals surface area contributed by atoms with Crippen molar-refractivity contribution in [1.82, 2.24) is 10.6 Å². The summed E-state index contributed by atoms with van der Waals surface area (Å²) in [7, 11) is 4.71. The van der Waals surface area contributed by atoms with Gasteiger partial charge < -0.3 is 30.2 Å². The van der Waals surface area contributed by atoms with Gasteiger partial charge in [0.05, 0.1) is 33.1 Å². The quantitative estimate of drug-likeness (QED) is 0.309. The summed E-state index contributed by atoms with van der Waals surface area (Å²) in [5, 5.41) is 9.51. The van der Waals surface area contributed by atoms with E-state index in [0.29, 0.717) is 72.1 Å². The first kappa shape index (κ1) is 31.4.